The van der Waals surface area contributed by atoms with Crippen molar-refractivity contribution in [1.82, 2.24) is 4.31 Å². The number of aryl methyl sites for hydroxylation is 1. The minimum Gasteiger partial charge on any atom is -0.207 e. The fourth-order valence-corrected chi connectivity index (χ4v) is 7.77. The molecule has 3 rings (SSSR count). The van der Waals surface area contributed by atoms with Crippen LogP contribution in [0.1, 0.15) is 23.5 Å². The second kappa shape index (κ2) is 7.82. The molecular formula is C21H28BrNO2SSi. The van der Waals surface area contributed by atoms with Crippen molar-refractivity contribution in [3.05, 3.63) is 64.1 Å². The van der Waals surface area contributed by atoms with Crippen LogP contribution in [0.3, 0.4) is 0 Å². The quantitative estimate of drug-likeness (QED) is 0.535. The van der Waals surface area contributed by atoms with Gasteiger partial charge in [-0.2, -0.15) is 4.31 Å². The molecule has 2 atom stereocenters. The van der Waals surface area contributed by atoms with Gasteiger partial charge in [-0.25, -0.2) is 8.42 Å². The van der Waals surface area contributed by atoms with Gasteiger partial charge in [-0.1, -0.05) is 65.4 Å². The smallest absolute Gasteiger partial charge is 0.207 e. The standard InChI is InChI=1S/C21H28BrNO2SSi/c1-16-5-11-21(12-6-16)26(24,25)23-14-18(13-20(23)15-27(2,3)4)17-7-9-19(22)10-8-17/h5-12,18,20H,13-15H2,1-4H3. The van der Waals surface area contributed by atoms with E-state index in [-0.39, 0.29) is 12.0 Å². The summed E-state index contributed by atoms with van der Waals surface area (Å²) in [5.74, 6) is 0.250. The van der Waals surface area contributed by atoms with Gasteiger partial charge >= 0.3 is 0 Å². The van der Waals surface area contributed by atoms with E-state index in [2.05, 4.69) is 47.7 Å². The van der Waals surface area contributed by atoms with Gasteiger partial charge < -0.3 is 0 Å². The lowest BCUT2D eigenvalue weighted by Crippen LogP contribution is -2.40. The molecular weight excluding hydrogens is 438 g/mol. The molecule has 1 fully saturated rings. The van der Waals surface area contributed by atoms with Crippen molar-refractivity contribution in [3.63, 3.8) is 0 Å². The summed E-state index contributed by atoms with van der Waals surface area (Å²) in [6.45, 7) is 9.49. The number of hydrogen-bond acceptors (Lipinski definition) is 2. The average molecular weight is 467 g/mol. The SMILES string of the molecule is Cc1ccc(S(=O)(=O)N2CC(c3ccc(Br)cc3)CC2C[Si](C)(C)C)cc1. The summed E-state index contributed by atoms with van der Waals surface area (Å²) < 4.78 is 29.6. The highest BCUT2D eigenvalue weighted by Gasteiger charge is 2.42. The molecule has 1 aliphatic rings. The molecule has 0 amide bonds. The number of rotatable bonds is 5. The normalized spacial score (nSPS) is 21.5. The van der Waals surface area contributed by atoms with E-state index < -0.39 is 18.1 Å². The maximum absolute atomic E-state index is 13.4. The fourth-order valence-electron chi connectivity index (χ4n) is 3.90. The third kappa shape index (κ3) is 4.91. The predicted molar refractivity (Wildman–Crippen MR) is 119 cm³/mol. The van der Waals surface area contributed by atoms with E-state index in [1.165, 1.54) is 5.56 Å². The molecule has 2 aromatic carbocycles. The van der Waals surface area contributed by atoms with Crippen LogP contribution in [0.15, 0.2) is 57.9 Å². The van der Waals surface area contributed by atoms with Gasteiger partial charge in [0.2, 0.25) is 10.0 Å². The monoisotopic (exact) mass is 465 g/mol. The molecule has 1 heterocycles. The van der Waals surface area contributed by atoms with Crippen molar-refractivity contribution in [1.29, 1.82) is 0 Å². The second-order valence-electron chi connectivity index (χ2n) is 8.79. The van der Waals surface area contributed by atoms with E-state index in [9.17, 15) is 8.42 Å². The third-order valence-electron chi connectivity index (χ3n) is 5.18. The summed E-state index contributed by atoms with van der Waals surface area (Å²) in [6.07, 6.45) is 0.900. The minimum absolute atomic E-state index is 0.0802. The Morgan fingerprint density at radius 1 is 1.04 bits per heavy atom. The summed E-state index contributed by atoms with van der Waals surface area (Å²) in [4.78, 5) is 0.408. The van der Waals surface area contributed by atoms with Crippen LogP contribution in [-0.4, -0.2) is 33.4 Å². The lowest BCUT2D eigenvalue weighted by Gasteiger charge is -2.28. The van der Waals surface area contributed by atoms with Crippen LogP contribution in [0.5, 0.6) is 0 Å². The van der Waals surface area contributed by atoms with Gasteiger partial charge in [-0.15, -0.1) is 0 Å². The van der Waals surface area contributed by atoms with Crippen LogP contribution in [0, 0.1) is 6.92 Å². The Kier molecular flexibility index (Phi) is 6.01. The van der Waals surface area contributed by atoms with Gasteiger partial charge in [0.15, 0.2) is 0 Å². The van der Waals surface area contributed by atoms with Crippen molar-refractivity contribution in [2.24, 2.45) is 0 Å². The molecule has 6 heteroatoms. The molecule has 0 N–H and O–H groups in total. The molecule has 0 aromatic heterocycles. The van der Waals surface area contributed by atoms with E-state index in [4.69, 9.17) is 0 Å². The van der Waals surface area contributed by atoms with Crippen LogP contribution >= 0.6 is 15.9 Å². The van der Waals surface area contributed by atoms with E-state index in [1.54, 1.807) is 16.4 Å². The summed E-state index contributed by atoms with van der Waals surface area (Å²) >= 11 is 3.48. The molecule has 0 radical (unpaired) electrons. The molecule has 0 bridgehead atoms. The summed E-state index contributed by atoms with van der Waals surface area (Å²) in [5, 5.41) is 0. The molecule has 0 saturated carbocycles. The first-order chi connectivity index (χ1) is 12.6. The van der Waals surface area contributed by atoms with Crippen molar-refractivity contribution < 1.29 is 8.42 Å². The van der Waals surface area contributed by atoms with Crippen molar-refractivity contribution in [2.75, 3.05) is 6.54 Å². The average Bonchev–Trinajstić information content (AvgIpc) is 2.98. The van der Waals surface area contributed by atoms with Crippen LogP contribution in [0.25, 0.3) is 0 Å². The minimum atomic E-state index is -3.48. The molecule has 0 aliphatic carbocycles. The number of hydrogen-bond donors (Lipinski definition) is 0. The molecule has 1 aliphatic heterocycles. The van der Waals surface area contributed by atoms with E-state index in [0.717, 1.165) is 22.5 Å². The van der Waals surface area contributed by atoms with Gasteiger partial charge in [-0.3, -0.25) is 0 Å². The van der Waals surface area contributed by atoms with Crippen LogP contribution in [0.4, 0.5) is 0 Å². The van der Waals surface area contributed by atoms with Crippen LogP contribution in [0.2, 0.25) is 25.7 Å². The molecule has 2 aromatic rings. The number of benzene rings is 2. The van der Waals surface area contributed by atoms with Crippen LogP contribution < -0.4 is 0 Å². The molecule has 3 nitrogen and oxygen atoms in total. The van der Waals surface area contributed by atoms with E-state index >= 15 is 0 Å². The zero-order valence-electron chi connectivity index (χ0n) is 16.4. The Bertz CT molecular complexity index is 889. The lowest BCUT2D eigenvalue weighted by molar-refractivity contribution is 0.405. The fraction of sp³-hybridized carbons (Fsp3) is 0.429. The highest BCUT2D eigenvalue weighted by molar-refractivity contribution is 9.10. The predicted octanol–water partition coefficient (Wildman–Crippen LogP) is 5.64. The molecule has 1 saturated heterocycles. The Labute approximate surface area is 173 Å². The van der Waals surface area contributed by atoms with Crippen LogP contribution in [-0.2, 0) is 10.0 Å². The largest absolute Gasteiger partial charge is 0.243 e. The lowest BCUT2D eigenvalue weighted by atomic mass is 9.97. The first-order valence-corrected chi connectivity index (χ1v) is 15.3. The third-order valence-corrected chi connectivity index (χ3v) is 9.34. The van der Waals surface area contributed by atoms with Gasteiger partial charge in [0.25, 0.3) is 0 Å². The van der Waals surface area contributed by atoms with Gasteiger partial charge in [0, 0.05) is 25.1 Å². The van der Waals surface area contributed by atoms with E-state index in [1.807, 2.05) is 31.2 Å². The first-order valence-electron chi connectivity index (χ1n) is 9.40. The Morgan fingerprint density at radius 2 is 1.63 bits per heavy atom. The maximum Gasteiger partial charge on any atom is 0.243 e. The maximum atomic E-state index is 13.4. The highest BCUT2D eigenvalue weighted by atomic mass is 79.9. The molecule has 2 unspecified atom stereocenters. The van der Waals surface area contributed by atoms with E-state index in [0.29, 0.717) is 11.4 Å². The first kappa shape index (κ1) is 20.8. The number of halogens is 1. The second-order valence-corrected chi connectivity index (χ2v) is 17.1. The zero-order valence-corrected chi connectivity index (χ0v) is 19.8. The van der Waals surface area contributed by atoms with Gasteiger partial charge in [0.1, 0.15) is 0 Å². The Hall–Kier alpha value is -0.953. The van der Waals surface area contributed by atoms with Gasteiger partial charge in [0.05, 0.1) is 4.90 Å². The highest BCUT2D eigenvalue weighted by Crippen LogP contribution is 2.39. The Balaban J connectivity index is 1.94. The van der Waals surface area contributed by atoms with Gasteiger partial charge in [-0.05, 0) is 55.1 Å². The van der Waals surface area contributed by atoms with Crippen molar-refractivity contribution >= 4 is 34.0 Å². The molecule has 0 spiro atoms. The molecule has 27 heavy (non-hydrogen) atoms. The van der Waals surface area contributed by atoms with Crippen molar-refractivity contribution in [3.8, 4) is 0 Å². The summed E-state index contributed by atoms with van der Waals surface area (Å²) in [7, 11) is -4.89. The summed E-state index contributed by atoms with van der Waals surface area (Å²) in [6, 6.07) is 16.6. The topological polar surface area (TPSA) is 37.4 Å². The number of nitrogens with zero attached hydrogens (tertiary/aromatic N) is 1. The van der Waals surface area contributed by atoms with Crippen molar-refractivity contribution in [2.45, 2.75) is 55.9 Å². The number of sulfonamides is 1. The zero-order chi connectivity index (χ0) is 19.8. The Morgan fingerprint density at radius 3 is 2.19 bits per heavy atom. The molecule has 146 valence electrons. The summed E-state index contributed by atoms with van der Waals surface area (Å²) in [5.41, 5.74) is 2.29.